The van der Waals surface area contributed by atoms with Crippen LogP contribution in [0.5, 0.6) is 5.19 Å². The van der Waals surface area contributed by atoms with Crippen LogP contribution in [0.2, 0.25) is 0 Å². The highest BCUT2D eigenvalue weighted by atomic mass is 32.1. The van der Waals surface area contributed by atoms with Crippen LogP contribution < -0.4 is 4.74 Å². The van der Waals surface area contributed by atoms with E-state index in [4.69, 9.17) is 9.84 Å². The van der Waals surface area contributed by atoms with Gasteiger partial charge in [0.25, 0.3) is 5.19 Å². The molecule has 0 atom stereocenters. The molecule has 0 aliphatic heterocycles. The molecule has 1 aromatic heterocycles. The zero-order valence-electron chi connectivity index (χ0n) is 15.2. The molecule has 136 valence electrons. The number of carbonyl (C=O) groups excluding carboxylic acids is 1. The van der Waals surface area contributed by atoms with Crippen LogP contribution in [0.4, 0.5) is 0 Å². The van der Waals surface area contributed by atoms with Crippen molar-refractivity contribution >= 4 is 33.3 Å². The summed E-state index contributed by atoms with van der Waals surface area (Å²) < 4.78 is 6.53. The molecule has 5 nitrogen and oxygen atoms in total. The Morgan fingerprint density at radius 2 is 1.96 bits per heavy atom. The van der Waals surface area contributed by atoms with Gasteiger partial charge in [0.15, 0.2) is 5.78 Å². The Bertz CT molecular complexity index is 762. The van der Waals surface area contributed by atoms with Gasteiger partial charge in [-0.1, -0.05) is 25.2 Å². The lowest BCUT2D eigenvalue weighted by Crippen LogP contribution is -2.25. The first-order chi connectivity index (χ1) is 11.8. The van der Waals surface area contributed by atoms with Crippen molar-refractivity contribution in [3.63, 3.8) is 0 Å². The maximum absolute atomic E-state index is 12.5. The van der Waals surface area contributed by atoms with Gasteiger partial charge in [-0.2, -0.15) is 0 Å². The molecule has 2 rings (SSSR count). The Morgan fingerprint density at radius 3 is 2.56 bits per heavy atom. The van der Waals surface area contributed by atoms with E-state index in [0.29, 0.717) is 23.8 Å². The second-order valence-corrected chi connectivity index (χ2v) is 7.82. The van der Waals surface area contributed by atoms with Gasteiger partial charge in [-0.3, -0.25) is 9.59 Å². The van der Waals surface area contributed by atoms with E-state index in [1.807, 2.05) is 32.0 Å². The highest BCUT2D eigenvalue weighted by Crippen LogP contribution is 2.30. The molecule has 1 N–H and O–H groups in total. The van der Waals surface area contributed by atoms with E-state index < -0.39 is 11.4 Å². The van der Waals surface area contributed by atoms with Gasteiger partial charge in [0.1, 0.15) is 0 Å². The molecule has 25 heavy (non-hydrogen) atoms. The van der Waals surface area contributed by atoms with Gasteiger partial charge in [-0.25, -0.2) is 4.98 Å². The third-order valence-corrected chi connectivity index (χ3v) is 5.47. The van der Waals surface area contributed by atoms with Gasteiger partial charge in [0.05, 0.1) is 22.2 Å². The van der Waals surface area contributed by atoms with Gasteiger partial charge >= 0.3 is 5.97 Å². The molecule has 1 heterocycles. The molecule has 2 aromatic rings. The Kier molecular flexibility index (Phi) is 6.16. The number of Topliss-reactive ketones (excluding diaryl/α,β-unsaturated/α-hetero) is 1. The number of ketones is 1. The maximum atomic E-state index is 12.5. The van der Waals surface area contributed by atoms with Crippen molar-refractivity contribution in [3.05, 3.63) is 23.8 Å². The topological polar surface area (TPSA) is 76.5 Å². The largest absolute Gasteiger partial charge is 0.481 e. The molecule has 0 saturated carbocycles. The lowest BCUT2D eigenvalue weighted by Gasteiger charge is -2.18. The molecule has 0 aliphatic carbocycles. The van der Waals surface area contributed by atoms with E-state index >= 15 is 0 Å². The SMILES string of the molecule is CCC(CC)C(=O)c1ccc2nc(OCCC(C)(C)C(=O)O)sc2c1. The molecular weight excluding hydrogens is 338 g/mol. The van der Waals surface area contributed by atoms with Crippen LogP contribution >= 0.6 is 11.3 Å². The van der Waals surface area contributed by atoms with Crippen molar-refractivity contribution < 1.29 is 19.4 Å². The normalized spacial score (nSPS) is 11.9. The van der Waals surface area contributed by atoms with Gasteiger partial charge < -0.3 is 9.84 Å². The molecule has 0 radical (unpaired) electrons. The zero-order valence-corrected chi connectivity index (χ0v) is 16.0. The van der Waals surface area contributed by atoms with Crippen molar-refractivity contribution in [1.82, 2.24) is 4.98 Å². The zero-order chi connectivity index (χ0) is 18.6. The molecule has 0 spiro atoms. The average Bonchev–Trinajstić information content (AvgIpc) is 2.97. The summed E-state index contributed by atoms with van der Waals surface area (Å²) in [5.41, 5.74) is 0.674. The molecule has 1 aromatic carbocycles. The maximum Gasteiger partial charge on any atom is 0.309 e. The Labute approximate surface area is 152 Å². The number of ether oxygens (including phenoxy) is 1. The monoisotopic (exact) mass is 363 g/mol. The van der Waals surface area contributed by atoms with Crippen molar-refractivity contribution in [2.24, 2.45) is 11.3 Å². The van der Waals surface area contributed by atoms with Gasteiger partial charge in [0, 0.05) is 11.5 Å². The summed E-state index contributed by atoms with van der Waals surface area (Å²) in [6.45, 7) is 7.70. The quantitative estimate of drug-likeness (QED) is 0.648. The van der Waals surface area contributed by atoms with E-state index in [1.165, 1.54) is 11.3 Å². The number of aliphatic carboxylic acids is 1. The minimum Gasteiger partial charge on any atom is -0.481 e. The molecule has 0 aliphatic rings. The number of carboxylic acids is 1. The predicted molar refractivity (Wildman–Crippen MR) is 99.6 cm³/mol. The van der Waals surface area contributed by atoms with Gasteiger partial charge in [-0.05, 0) is 51.3 Å². The third kappa shape index (κ3) is 4.57. The number of hydrogen-bond acceptors (Lipinski definition) is 5. The summed E-state index contributed by atoms with van der Waals surface area (Å²) in [7, 11) is 0. The Hall–Kier alpha value is -1.95. The van der Waals surface area contributed by atoms with Crippen molar-refractivity contribution in [2.45, 2.75) is 47.0 Å². The van der Waals surface area contributed by atoms with Crippen molar-refractivity contribution in [3.8, 4) is 5.19 Å². The molecule has 6 heteroatoms. The molecule has 0 unspecified atom stereocenters. The second kappa shape index (κ2) is 7.95. The number of fused-ring (bicyclic) bond motifs is 1. The highest BCUT2D eigenvalue weighted by Gasteiger charge is 2.27. The number of carbonyl (C=O) groups is 2. The lowest BCUT2D eigenvalue weighted by molar-refractivity contribution is -0.147. The first-order valence-electron chi connectivity index (χ1n) is 8.59. The van der Waals surface area contributed by atoms with Crippen LogP contribution in [0.15, 0.2) is 18.2 Å². The number of nitrogens with zero attached hydrogens (tertiary/aromatic N) is 1. The van der Waals surface area contributed by atoms with E-state index in [0.717, 1.165) is 23.1 Å². The summed E-state index contributed by atoms with van der Waals surface area (Å²) in [6.07, 6.45) is 2.07. The van der Waals surface area contributed by atoms with Gasteiger partial charge in [-0.15, -0.1) is 0 Å². The predicted octanol–water partition coefficient (Wildman–Crippen LogP) is 4.79. The molecular formula is C19H25NO4S. The second-order valence-electron chi connectivity index (χ2n) is 6.83. The van der Waals surface area contributed by atoms with E-state index in [-0.39, 0.29) is 11.7 Å². The van der Waals surface area contributed by atoms with E-state index in [2.05, 4.69) is 4.98 Å². The van der Waals surface area contributed by atoms with Crippen LogP contribution in [0.1, 0.15) is 57.3 Å². The van der Waals surface area contributed by atoms with Crippen LogP contribution in [0.25, 0.3) is 10.2 Å². The standard InChI is InChI=1S/C19H25NO4S/c1-5-12(6-2)16(21)13-7-8-14-15(11-13)25-18(20-14)24-10-9-19(3,4)17(22)23/h7-8,11-12H,5-6,9-10H2,1-4H3,(H,22,23). The fourth-order valence-electron chi connectivity index (χ4n) is 2.51. The third-order valence-electron chi connectivity index (χ3n) is 4.54. The summed E-state index contributed by atoms with van der Waals surface area (Å²) in [5, 5.41) is 9.62. The molecule has 0 bridgehead atoms. The van der Waals surface area contributed by atoms with E-state index in [1.54, 1.807) is 13.8 Å². The Balaban J connectivity index is 2.10. The number of hydrogen-bond donors (Lipinski definition) is 1. The first kappa shape index (κ1) is 19.4. The number of rotatable bonds is 9. The number of aromatic nitrogens is 1. The summed E-state index contributed by atoms with van der Waals surface area (Å²) in [5.74, 6) is -0.615. The first-order valence-corrected chi connectivity index (χ1v) is 9.41. The number of benzene rings is 1. The van der Waals surface area contributed by atoms with Crippen LogP contribution in [0.3, 0.4) is 0 Å². The lowest BCUT2D eigenvalue weighted by atomic mass is 9.90. The minimum atomic E-state index is -0.843. The van der Waals surface area contributed by atoms with Crippen LogP contribution in [-0.2, 0) is 4.79 Å². The number of carboxylic acid groups (broad SMARTS) is 1. The van der Waals surface area contributed by atoms with Gasteiger partial charge in [0.2, 0.25) is 0 Å². The van der Waals surface area contributed by atoms with E-state index in [9.17, 15) is 9.59 Å². The summed E-state index contributed by atoms with van der Waals surface area (Å²) >= 11 is 1.38. The smallest absolute Gasteiger partial charge is 0.309 e. The average molecular weight is 363 g/mol. The fourth-order valence-corrected chi connectivity index (χ4v) is 3.39. The summed E-state index contributed by atoms with van der Waals surface area (Å²) in [6, 6.07) is 5.54. The molecule has 0 amide bonds. The van der Waals surface area contributed by atoms with Crippen molar-refractivity contribution in [1.29, 1.82) is 0 Å². The van der Waals surface area contributed by atoms with Crippen LogP contribution in [-0.4, -0.2) is 28.4 Å². The van der Waals surface area contributed by atoms with Crippen LogP contribution in [0, 0.1) is 11.3 Å². The molecule has 0 fully saturated rings. The number of thiazole rings is 1. The molecule has 0 saturated heterocycles. The fraction of sp³-hybridized carbons (Fsp3) is 0.526. The van der Waals surface area contributed by atoms with Crippen molar-refractivity contribution in [2.75, 3.05) is 6.61 Å². The summed E-state index contributed by atoms with van der Waals surface area (Å²) in [4.78, 5) is 28.0. The minimum absolute atomic E-state index is 0.0549. The highest BCUT2D eigenvalue weighted by molar-refractivity contribution is 7.20. The Morgan fingerprint density at radius 1 is 1.28 bits per heavy atom.